The Hall–Kier alpha value is -5.06. The van der Waals surface area contributed by atoms with Crippen molar-refractivity contribution in [2.45, 2.75) is 102 Å². The van der Waals surface area contributed by atoms with E-state index in [-0.39, 0.29) is 24.8 Å². The van der Waals surface area contributed by atoms with Crippen molar-refractivity contribution in [2.24, 2.45) is 4.99 Å². The maximum atomic E-state index is 13.0. The van der Waals surface area contributed by atoms with Gasteiger partial charge in [-0.15, -0.1) is 0 Å². The number of fused-ring (bicyclic) bond motifs is 6. The third-order valence-corrected chi connectivity index (χ3v) is 14.4. The van der Waals surface area contributed by atoms with E-state index in [9.17, 15) is 32.3 Å². The van der Waals surface area contributed by atoms with Crippen molar-refractivity contribution < 1.29 is 50.9 Å². The molecular weight excluding hydrogens is 896 g/mol. The first-order valence-electron chi connectivity index (χ1n) is 22.4. The topological polar surface area (TPSA) is 278 Å². The molecule has 23 heteroatoms. The quantitative estimate of drug-likeness (QED) is 0.0359. The molecule has 7 N–H and O–H groups in total. The van der Waals surface area contributed by atoms with Crippen molar-refractivity contribution in [3.63, 3.8) is 0 Å². The van der Waals surface area contributed by atoms with Gasteiger partial charge >= 0.3 is 7.82 Å². The summed E-state index contributed by atoms with van der Waals surface area (Å²) < 4.78 is 72.9. The molecule has 2 fully saturated rings. The number of aryl methyl sites for hydroxylation is 1. The predicted molar refractivity (Wildman–Crippen MR) is 244 cm³/mol. The lowest BCUT2D eigenvalue weighted by molar-refractivity contribution is -0.121. The van der Waals surface area contributed by atoms with Crippen molar-refractivity contribution in [3.05, 3.63) is 58.5 Å². The largest absolute Gasteiger partial charge is 0.472 e. The van der Waals surface area contributed by atoms with Gasteiger partial charge in [0.15, 0.2) is 34.7 Å². The Morgan fingerprint density at radius 1 is 1.09 bits per heavy atom. The number of hydrogen-bond acceptors (Lipinski definition) is 16. The summed E-state index contributed by atoms with van der Waals surface area (Å²) in [5.41, 5.74) is 9.69. The number of anilines is 3. The Balaban J connectivity index is 0.780. The van der Waals surface area contributed by atoms with Crippen LogP contribution in [0.4, 0.5) is 23.1 Å². The molecule has 0 saturated carbocycles. The van der Waals surface area contributed by atoms with Gasteiger partial charge in [0, 0.05) is 55.4 Å². The molecule has 5 aliphatic heterocycles. The van der Waals surface area contributed by atoms with Gasteiger partial charge in [-0.05, 0) is 64.2 Å². The SMILES string of the molecule is CC[N+]1=c2cc3c(cc2CCC1)=Nc1cc2c(cc1O3)N(CCCC(=O)NCCCCCCNc1nc3c(N)ncnc3n1[C@@H]1O[C@@H]3COP(=O)(O)O[C@H]3[C@H]1O)C(C)(C)C=C2CS(=O)(=O)O. The molecule has 0 spiro atoms. The minimum Gasteiger partial charge on any atom is -0.452 e. The molecule has 354 valence electrons. The third-order valence-electron chi connectivity index (χ3n) is 12.7. The summed E-state index contributed by atoms with van der Waals surface area (Å²) in [6.45, 7) is 9.24. The summed E-state index contributed by atoms with van der Waals surface area (Å²) in [5.74, 6) is 1.05. The Morgan fingerprint density at radius 3 is 2.68 bits per heavy atom. The first-order chi connectivity index (χ1) is 31.5. The predicted octanol–water partition coefficient (Wildman–Crippen LogP) is 3.14. The number of amides is 1. The third kappa shape index (κ3) is 9.42. The maximum Gasteiger partial charge on any atom is 0.472 e. The molecule has 7 heterocycles. The molecule has 1 unspecified atom stereocenters. The number of aliphatic hydroxyl groups is 1. The monoisotopic (exact) mass is 951 g/mol. The summed E-state index contributed by atoms with van der Waals surface area (Å²) >= 11 is 0. The van der Waals surface area contributed by atoms with Gasteiger partial charge in [-0.25, -0.2) is 29.1 Å². The highest BCUT2D eigenvalue weighted by Gasteiger charge is 2.53. The molecule has 5 aliphatic rings. The highest BCUT2D eigenvalue weighted by Crippen LogP contribution is 2.53. The molecule has 4 aromatic rings. The van der Waals surface area contributed by atoms with E-state index in [1.54, 1.807) is 4.57 Å². The number of imidazole rings is 1. The number of phosphoric acid groups is 1. The molecule has 5 atom stereocenters. The van der Waals surface area contributed by atoms with E-state index < -0.39 is 53.8 Å². The fourth-order valence-corrected chi connectivity index (χ4v) is 11.2. The summed E-state index contributed by atoms with van der Waals surface area (Å²) in [6, 6.07) is 7.88. The summed E-state index contributed by atoms with van der Waals surface area (Å²) in [7, 11) is -8.68. The van der Waals surface area contributed by atoms with Crippen LogP contribution in [0.2, 0.25) is 0 Å². The molecule has 2 aromatic carbocycles. The van der Waals surface area contributed by atoms with Gasteiger partial charge in [-0.3, -0.25) is 23.0 Å². The van der Waals surface area contributed by atoms with Crippen LogP contribution < -0.4 is 41.3 Å². The number of aromatic nitrogens is 4. The number of nitrogen functional groups attached to an aromatic ring is 1. The number of unbranched alkanes of at least 4 members (excludes halogenated alkanes) is 3. The highest BCUT2D eigenvalue weighted by molar-refractivity contribution is 7.86. The van der Waals surface area contributed by atoms with Crippen LogP contribution in [0, 0.1) is 0 Å². The van der Waals surface area contributed by atoms with Crippen molar-refractivity contribution in [2.75, 3.05) is 61.0 Å². The van der Waals surface area contributed by atoms with Crippen LogP contribution in [-0.2, 0) is 39.7 Å². The number of phosphoric ester groups is 1. The lowest BCUT2D eigenvalue weighted by Crippen LogP contribution is -2.46. The second-order valence-electron chi connectivity index (χ2n) is 17.8. The zero-order valence-electron chi connectivity index (χ0n) is 37.1. The Kier molecular flexibility index (Phi) is 12.7. The number of rotatable bonds is 16. The van der Waals surface area contributed by atoms with Gasteiger partial charge in [0.05, 0.1) is 18.2 Å². The van der Waals surface area contributed by atoms with Gasteiger partial charge in [-0.2, -0.15) is 8.42 Å². The lowest BCUT2D eigenvalue weighted by Gasteiger charge is -2.44. The molecule has 66 heavy (non-hydrogen) atoms. The smallest absolute Gasteiger partial charge is 0.452 e. The number of nitrogens with zero attached hydrogens (tertiary/aromatic N) is 7. The van der Waals surface area contributed by atoms with Gasteiger partial charge in [-0.1, -0.05) is 18.9 Å². The van der Waals surface area contributed by atoms with E-state index in [2.05, 4.69) is 54.1 Å². The molecule has 0 radical (unpaired) electrons. The normalized spacial score (nSPS) is 24.0. The summed E-state index contributed by atoms with van der Waals surface area (Å²) in [5, 5.41) is 19.3. The van der Waals surface area contributed by atoms with E-state index >= 15 is 0 Å². The number of hydrogen-bond donors (Lipinski definition) is 6. The van der Waals surface area contributed by atoms with Crippen LogP contribution in [0.5, 0.6) is 11.5 Å². The molecule has 2 aromatic heterocycles. The molecule has 21 nitrogen and oxygen atoms in total. The van der Waals surface area contributed by atoms with E-state index in [0.717, 1.165) is 68.0 Å². The van der Waals surface area contributed by atoms with Crippen molar-refractivity contribution in [1.82, 2.24) is 29.4 Å². The van der Waals surface area contributed by atoms with Crippen LogP contribution in [0.3, 0.4) is 0 Å². The first-order valence-corrected chi connectivity index (χ1v) is 25.5. The van der Waals surface area contributed by atoms with E-state index in [1.807, 2.05) is 32.1 Å². The molecule has 0 bridgehead atoms. The fraction of sp³-hybridized carbons (Fsp3) is 0.535. The van der Waals surface area contributed by atoms with Gasteiger partial charge in [0.2, 0.25) is 17.2 Å². The summed E-state index contributed by atoms with van der Waals surface area (Å²) in [4.78, 5) is 42.9. The standard InChI is InChI=1S/C43H55N10O11PS/c1-4-51-15-9-11-25-17-28-32(19-30(25)51)62-33-20-31-27(18-29(33)49-28)26(23-66(58,59)60)21-43(2,3)52(31)16-10-12-35(54)45-13-7-5-6-8-14-46-42-50-36-39(44)47-24-48-40(36)53(42)41-37(55)38-34(63-41)22-61-65(56,57)64-38/h17-21,24,34,37-38,41,44,49,55H,4-16,22-23H2,1-3H3,(H3,45,54,56,57,58,59,60)/p+1/t34-,37-,38-,41-/m1/s1. The average molecular weight is 952 g/mol. The fourth-order valence-electron chi connectivity index (χ4n) is 9.61. The molecule has 1 amide bonds. The minimum absolute atomic E-state index is 0.0702. The van der Waals surface area contributed by atoms with Crippen LogP contribution >= 0.6 is 7.82 Å². The Morgan fingerprint density at radius 2 is 1.89 bits per heavy atom. The van der Waals surface area contributed by atoms with Crippen LogP contribution in [0.1, 0.15) is 83.1 Å². The Bertz CT molecular complexity index is 2890. The van der Waals surface area contributed by atoms with Crippen molar-refractivity contribution >= 4 is 63.7 Å². The number of nitrogens with two attached hydrogens (primary N) is 1. The zero-order chi connectivity index (χ0) is 46.5. The van der Waals surface area contributed by atoms with Crippen LogP contribution in [-0.4, -0.2) is 117 Å². The van der Waals surface area contributed by atoms with Crippen LogP contribution in [0.15, 0.2) is 41.7 Å². The highest BCUT2D eigenvalue weighted by atomic mass is 32.2. The second kappa shape index (κ2) is 18.2. The van der Waals surface area contributed by atoms with Crippen LogP contribution in [0.25, 0.3) is 16.7 Å². The average Bonchev–Trinajstić information content (AvgIpc) is 3.78. The van der Waals surface area contributed by atoms with Crippen molar-refractivity contribution in [1.29, 1.82) is 0 Å². The Labute approximate surface area is 381 Å². The number of aliphatic hydroxyl groups excluding tert-OH is 1. The molecule has 9 rings (SSSR count). The number of carbonyl (C=O) groups is 1. The maximum absolute atomic E-state index is 13.0. The zero-order valence-corrected chi connectivity index (χ0v) is 38.8. The molecule has 2 saturated heterocycles. The summed E-state index contributed by atoms with van der Waals surface area (Å²) in [6.07, 6.45) is 4.88. The number of carbonyl (C=O) groups excluding carboxylic acids is 1. The minimum atomic E-state index is -4.35. The lowest BCUT2D eigenvalue weighted by atomic mass is 9.88. The van der Waals surface area contributed by atoms with Crippen molar-refractivity contribution in [3.8, 4) is 11.5 Å². The van der Waals surface area contributed by atoms with Gasteiger partial charge in [0.25, 0.3) is 10.1 Å². The first kappa shape index (κ1) is 46.1. The number of nitrogens with one attached hydrogen (secondary N) is 2. The van der Waals surface area contributed by atoms with Gasteiger partial charge in [0.1, 0.15) is 54.5 Å². The molecule has 0 aliphatic carbocycles. The van der Waals surface area contributed by atoms with Gasteiger partial charge < -0.3 is 40.7 Å². The molecular formula is C43H56N10O11PS+. The van der Waals surface area contributed by atoms with E-state index in [1.165, 1.54) is 11.9 Å². The number of benzene rings is 2. The second-order valence-corrected chi connectivity index (χ2v) is 20.7. The number of ether oxygens (including phenoxy) is 2. The van der Waals surface area contributed by atoms with E-state index in [0.29, 0.717) is 71.5 Å². The van der Waals surface area contributed by atoms with E-state index in [4.69, 9.17) is 29.2 Å².